The van der Waals surface area contributed by atoms with Gasteiger partial charge in [-0.1, -0.05) is 23.4 Å². The second-order valence-electron chi connectivity index (χ2n) is 4.85. The zero-order valence-corrected chi connectivity index (χ0v) is 10.6. The van der Waals surface area contributed by atoms with Crippen molar-refractivity contribution >= 4 is 5.78 Å². The lowest BCUT2D eigenvalue weighted by molar-refractivity contribution is 0.0957. The minimum Gasteiger partial charge on any atom is -0.316 e. The van der Waals surface area contributed by atoms with Crippen LogP contribution >= 0.6 is 0 Å². The summed E-state index contributed by atoms with van der Waals surface area (Å²) in [6.07, 6.45) is 3.18. The number of nitrogens with one attached hydrogen (secondary N) is 1. The predicted octanol–water partition coefficient (Wildman–Crippen LogP) is 1.45. The van der Waals surface area contributed by atoms with Crippen molar-refractivity contribution in [1.29, 1.82) is 0 Å². The fraction of sp³-hybridized carbons (Fsp3) is 0.357. The van der Waals surface area contributed by atoms with Gasteiger partial charge in [-0.2, -0.15) is 0 Å². The van der Waals surface area contributed by atoms with Crippen LogP contribution in [-0.2, 0) is 0 Å². The average molecular weight is 256 g/mol. The first-order valence-corrected chi connectivity index (χ1v) is 6.54. The molecule has 1 aromatic heterocycles. The van der Waals surface area contributed by atoms with Gasteiger partial charge >= 0.3 is 0 Å². The molecule has 1 aliphatic rings. The van der Waals surface area contributed by atoms with Gasteiger partial charge in [0, 0.05) is 6.42 Å². The summed E-state index contributed by atoms with van der Waals surface area (Å²) < 4.78 is 1.62. The van der Waals surface area contributed by atoms with Crippen molar-refractivity contribution in [3.05, 3.63) is 42.2 Å². The third-order valence-corrected chi connectivity index (χ3v) is 3.47. The average Bonchev–Trinajstić information content (AvgIpc) is 3.10. The van der Waals surface area contributed by atoms with Gasteiger partial charge in [-0.25, -0.2) is 4.68 Å². The highest BCUT2D eigenvalue weighted by molar-refractivity contribution is 5.94. The lowest BCUT2D eigenvalue weighted by atomic mass is 10.0. The Kier molecular flexibility index (Phi) is 3.37. The highest BCUT2D eigenvalue weighted by Gasteiger charge is 2.21. The molecule has 1 fully saturated rings. The molecule has 2 aromatic rings. The minimum absolute atomic E-state index is 0.113. The molecule has 5 heteroatoms. The number of hydrogen-bond donors (Lipinski definition) is 1. The van der Waals surface area contributed by atoms with Crippen molar-refractivity contribution in [1.82, 2.24) is 20.3 Å². The molecular weight excluding hydrogens is 240 g/mol. The van der Waals surface area contributed by atoms with Crippen LogP contribution in [0.3, 0.4) is 0 Å². The fourth-order valence-electron chi connectivity index (χ4n) is 2.44. The maximum absolute atomic E-state index is 12.3. The smallest absolute Gasteiger partial charge is 0.183 e. The van der Waals surface area contributed by atoms with Crippen molar-refractivity contribution in [3.8, 4) is 5.69 Å². The number of benzene rings is 1. The van der Waals surface area contributed by atoms with Crippen molar-refractivity contribution in [2.75, 3.05) is 13.1 Å². The number of para-hydroxylation sites is 1. The summed E-state index contributed by atoms with van der Waals surface area (Å²) in [6, 6.07) is 9.62. The maximum Gasteiger partial charge on any atom is 0.183 e. The normalized spacial score (nSPS) is 18.6. The zero-order chi connectivity index (χ0) is 13.1. The Morgan fingerprint density at radius 2 is 2.21 bits per heavy atom. The monoisotopic (exact) mass is 256 g/mol. The first-order chi connectivity index (χ1) is 9.34. The predicted molar refractivity (Wildman–Crippen MR) is 71.3 cm³/mol. The number of ketones is 1. The molecule has 0 spiro atoms. The molecule has 5 nitrogen and oxygen atoms in total. The van der Waals surface area contributed by atoms with E-state index in [0.717, 1.165) is 25.2 Å². The van der Waals surface area contributed by atoms with E-state index in [4.69, 9.17) is 0 Å². The van der Waals surface area contributed by atoms with Crippen LogP contribution in [0.1, 0.15) is 23.3 Å². The van der Waals surface area contributed by atoms with Crippen molar-refractivity contribution in [2.45, 2.75) is 12.8 Å². The molecule has 1 saturated heterocycles. The van der Waals surface area contributed by atoms with E-state index in [1.54, 1.807) is 10.9 Å². The van der Waals surface area contributed by atoms with Crippen molar-refractivity contribution in [3.63, 3.8) is 0 Å². The molecule has 0 bridgehead atoms. The molecule has 0 amide bonds. The van der Waals surface area contributed by atoms with Gasteiger partial charge < -0.3 is 5.32 Å². The number of aromatic nitrogens is 3. The summed E-state index contributed by atoms with van der Waals surface area (Å²) in [4.78, 5) is 12.3. The lowest BCUT2D eigenvalue weighted by Gasteiger charge is -2.08. The molecule has 0 saturated carbocycles. The molecule has 1 unspecified atom stereocenters. The van der Waals surface area contributed by atoms with Gasteiger partial charge in [0.25, 0.3) is 0 Å². The molecule has 1 atom stereocenters. The van der Waals surface area contributed by atoms with Gasteiger partial charge in [-0.05, 0) is 37.6 Å². The number of rotatable bonds is 4. The largest absolute Gasteiger partial charge is 0.316 e. The summed E-state index contributed by atoms with van der Waals surface area (Å²) in [5.41, 5.74) is 1.44. The summed E-state index contributed by atoms with van der Waals surface area (Å²) in [6.45, 7) is 1.94. The summed E-state index contributed by atoms with van der Waals surface area (Å²) in [5, 5.41) is 11.2. The Bertz CT molecular complexity index is 558. The Morgan fingerprint density at radius 1 is 1.37 bits per heavy atom. The molecule has 3 rings (SSSR count). The first-order valence-electron chi connectivity index (χ1n) is 6.54. The molecule has 0 aliphatic carbocycles. The van der Waals surface area contributed by atoms with E-state index >= 15 is 0 Å². The number of Topliss-reactive ketones (excluding diaryl/α,β-unsaturated/α-hetero) is 1. The van der Waals surface area contributed by atoms with Gasteiger partial charge in [0.2, 0.25) is 0 Å². The number of hydrogen-bond acceptors (Lipinski definition) is 4. The van der Waals surface area contributed by atoms with Gasteiger partial charge in [0.05, 0.1) is 11.9 Å². The number of carbonyl (C=O) groups is 1. The highest BCUT2D eigenvalue weighted by atomic mass is 16.1. The van der Waals surface area contributed by atoms with E-state index in [0.29, 0.717) is 18.0 Å². The van der Waals surface area contributed by atoms with E-state index in [-0.39, 0.29) is 5.78 Å². The molecule has 98 valence electrons. The van der Waals surface area contributed by atoms with Crippen LogP contribution in [0.4, 0.5) is 0 Å². The van der Waals surface area contributed by atoms with Crippen LogP contribution in [-0.4, -0.2) is 33.9 Å². The van der Waals surface area contributed by atoms with E-state index in [9.17, 15) is 4.79 Å². The Balaban J connectivity index is 1.81. The Hall–Kier alpha value is -2.01. The Morgan fingerprint density at radius 3 is 2.95 bits per heavy atom. The zero-order valence-electron chi connectivity index (χ0n) is 10.6. The van der Waals surface area contributed by atoms with Gasteiger partial charge in [0.15, 0.2) is 5.78 Å². The van der Waals surface area contributed by atoms with E-state index < -0.39 is 0 Å². The summed E-state index contributed by atoms with van der Waals surface area (Å²) in [5.74, 6) is 0.550. The third-order valence-electron chi connectivity index (χ3n) is 3.47. The van der Waals surface area contributed by atoms with Crippen molar-refractivity contribution in [2.24, 2.45) is 5.92 Å². The van der Waals surface area contributed by atoms with Crippen LogP contribution in [0.25, 0.3) is 5.69 Å². The van der Waals surface area contributed by atoms with Crippen molar-refractivity contribution < 1.29 is 4.79 Å². The van der Waals surface area contributed by atoms with Gasteiger partial charge in [-0.3, -0.25) is 4.79 Å². The third kappa shape index (κ3) is 2.56. The number of carbonyl (C=O) groups excluding carboxylic acids is 1. The first kappa shape index (κ1) is 12.0. The second kappa shape index (κ2) is 5.32. The summed E-state index contributed by atoms with van der Waals surface area (Å²) >= 11 is 0. The molecule has 1 aliphatic heterocycles. The summed E-state index contributed by atoms with van der Waals surface area (Å²) in [7, 11) is 0. The van der Waals surface area contributed by atoms with Crippen LogP contribution in [0.15, 0.2) is 36.5 Å². The van der Waals surface area contributed by atoms with E-state index in [2.05, 4.69) is 15.6 Å². The van der Waals surface area contributed by atoms with E-state index in [1.807, 2.05) is 30.3 Å². The second-order valence-corrected chi connectivity index (χ2v) is 4.85. The van der Waals surface area contributed by atoms with Gasteiger partial charge in [0.1, 0.15) is 5.69 Å². The standard InChI is InChI=1S/C14H16N4O/c19-14(8-11-6-7-15-9-11)13-10-16-17-18(13)12-4-2-1-3-5-12/h1-5,10-11,15H,6-9H2. The fourth-order valence-corrected chi connectivity index (χ4v) is 2.44. The molecule has 0 radical (unpaired) electrons. The highest BCUT2D eigenvalue weighted by Crippen LogP contribution is 2.17. The maximum atomic E-state index is 12.3. The van der Waals surface area contributed by atoms with Crippen LogP contribution in [0, 0.1) is 5.92 Å². The van der Waals surface area contributed by atoms with Gasteiger partial charge in [-0.15, -0.1) is 5.10 Å². The molecular formula is C14H16N4O. The van der Waals surface area contributed by atoms with E-state index in [1.165, 1.54) is 0 Å². The van der Waals surface area contributed by atoms with Crippen LogP contribution < -0.4 is 5.32 Å². The number of nitrogens with zero attached hydrogens (tertiary/aromatic N) is 3. The Labute approximate surface area is 111 Å². The quantitative estimate of drug-likeness (QED) is 0.841. The lowest BCUT2D eigenvalue weighted by Crippen LogP contribution is -2.15. The molecule has 19 heavy (non-hydrogen) atoms. The molecule has 2 heterocycles. The minimum atomic E-state index is 0.113. The molecule has 1 N–H and O–H groups in total. The van der Waals surface area contributed by atoms with Crippen LogP contribution in [0.2, 0.25) is 0 Å². The molecule has 1 aromatic carbocycles. The van der Waals surface area contributed by atoms with Crippen LogP contribution in [0.5, 0.6) is 0 Å². The topological polar surface area (TPSA) is 59.8 Å². The SMILES string of the molecule is O=C(CC1CCNC1)c1cnnn1-c1ccccc1.